The minimum atomic E-state index is -1.11. The Morgan fingerprint density at radius 1 is 1.31 bits per heavy atom. The highest BCUT2D eigenvalue weighted by Gasteiger charge is 2.36. The van der Waals surface area contributed by atoms with Crippen LogP contribution in [0, 0.1) is 11.8 Å². The van der Waals surface area contributed by atoms with E-state index in [1.165, 1.54) is 0 Å². The third-order valence-corrected chi connectivity index (χ3v) is 3.66. The van der Waals surface area contributed by atoms with E-state index >= 15 is 0 Å². The molecule has 2 rings (SSSR count). The fourth-order valence-electron chi connectivity index (χ4n) is 2.71. The van der Waals surface area contributed by atoms with E-state index in [9.17, 15) is 14.3 Å². The van der Waals surface area contributed by atoms with Gasteiger partial charge in [-0.05, 0) is 37.5 Å². The minimum absolute atomic E-state index is 0.250. The van der Waals surface area contributed by atoms with Gasteiger partial charge in [0.15, 0.2) is 0 Å². The Morgan fingerprint density at radius 3 is 2.88 bits per heavy atom. The molecule has 0 bridgehead atoms. The zero-order chi connectivity index (χ0) is 11.5. The zero-order valence-corrected chi connectivity index (χ0v) is 9.19. The van der Waals surface area contributed by atoms with E-state index in [1.807, 2.05) is 0 Å². The first-order valence-corrected chi connectivity index (χ1v) is 5.89. The number of aliphatic hydroxyl groups is 1. The smallest absolute Gasteiger partial charge is 0.407 e. The SMILES string of the molecule is O=C1NCCC2C[C@H](F)[C@@H](O)C[C@H]2CCO1. The van der Waals surface area contributed by atoms with Crippen LogP contribution < -0.4 is 5.32 Å². The van der Waals surface area contributed by atoms with Crippen LogP contribution in [0.3, 0.4) is 0 Å². The molecule has 2 aliphatic rings. The van der Waals surface area contributed by atoms with Crippen LogP contribution in [0.15, 0.2) is 0 Å². The number of aliphatic hydroxyl groups excluding tert-OH is 1. The van der Waals surface area contributed by atoms with Crippen molar-refractivity contribution in [3.05, 3.63) is 0 Å². The average Bonchev–Trinajstić information content (AvgIpc) is 2.31. The van der Waals surface area contributed by atoms with Crippen molar-refractivity contribution in [1.82, 2.24) is 5.32 Å². The minimum Gasteiger partial charge on any atom is -0.450 e. The first-order chi connectivity index (χ1) is 7.66. The van der Waals surface area contributed by atoms with Crippen molar-refractivity contribution in [2.45, 2.75) is 38.0 Å². The molecule has 92 valence electrons. The van der Waals surface area contributed by atoms with Crippen molar-refractivity contribution >= 4 is 6.09 Å². The molecule has 0 spiro atoms. The Labute approximate surface area is 94.2 Å². The van der Waals surface area contributed by atoms with Crippen LogP contribution in [-0.4, -0.2) is 36.6 Å². The summed E-state index contributed by atoms with van der Waals surface area (Å²) in [6, 6.07) is 0. The van der Waals surface area contributed by atoms with Gasteiger partial charge in [0, 0.05) is 6.54 Å². The lowest BCUT2D eigenvalue weighted by Crippen LogP contribution is -2.37. The van der Waals surface area contributed by atoms with Crippen molar-refractivity contribution in [2.24, 2.45) is 11.8 Å². The Morgan fingerprint density at radius 2 is 2.06 bits per heavy atom. The third-order valence-electron chi connectivity index (χ3n) is 3.66. The summed E-state index contributed by atoms with van der Waals surface area (Å²) in [5.41, 5.74) is 0. The second kappa shape index (κ2) is 4.99. The van der Waals surface area contributed by atoms with Crippen LogP contribution >= 0.6 is 0 Å². The number of rotatable bonds is 0. The third kappa shape index (κ3) is 2.64. The fraction of sp³-hybridized carbons (Fsp3) is 0.909. The van der Waals surface area contributed by atoms with E-state index in [4.69, 9.17) is 4.74 Å². The van der Waals surface area contributed by atoms with Gasteiger partial charge >= 0.3 is 6.09 Å². The molecule has 2 N–H and O–H groups in total. The number of hydrogen-bond donors (Lipinski definition) is 2. The van der Waals surface area contributed by atoms with Crippen LogP contribution in [0.5, 0.6) is 0 Å². The molecule has 4 atom stereocenters. The van der Waals surface area contributed by atoms with Crippen LogP contribution in [0.25, 0.3) is 0 Å². The standard InChI is InChI=1S/C11H18FNO3/c12-9-5-7-1-3-13-11(15)16-4-2-8(7)6-10(9)14/h7-10,14H,1-6H2,(H,13,15)/t7?,8-,9+,10+/m1/s1. The Balaban J connectivity index is 1.98. The summed E-state index contributed by atoms with van der Waals surface area (Å²) >= 11 is 0. The van der Waals surface area contributed by atoms with E-state index in [0.717, 1.165) is 12.8 Å². The van der Waals surface area contributed by atoms with E-state index in [1.54, 1.807) is 0 Å². The first kappa shape index (κ1) is 11.6. The van der Waals surface area contributed by atoms with Crippen molar-refractivity contribution < 1.29 is 19.0 Å². The second-order valence-electron chi connectivity index (χ2n) is 4.71. The number of cyclic esters (lactones) is 1. The monoisotopic (exact) mass is 231 g/mol. The van der Waals surface area contributed by atoms with Crippen molar-refractivity contribution in [1.29, 1.82) is 0 Å². The van der Waals surface area contributed by atoms with Gasteiger partial charge in [0.05, 0.1) is 12.7 Å². The summed E-state index contributed by atoms with van der Waals surface area (Å²) in [6.07, 6.45) is 0.0418. The number of alkyl halides is 1. The number of halogens is 1. The van der Waals surface area contributed by atoms with Gasteiger partial charge < -0.3 is 15.2 Å². The van der Waals surface area contributed by atoms with Crippen LogP contribution in [0.4, 0.5) is 9.18 Å². The summed E-state index contributed by atoms with van der Waals surface area (Å²) in [7, 11) is 0. The number of ether oxygens (including phenoxy) is 1. The van der Waals surface area contributed by atoms with Crippen LogP contribution in [0.1, 0.15) is 25.7 Å². The second-order valence-corrected chi connectivity index (χ2v) is 4.71. The highest BCUT2D eigenvalue weighted by atomic mass is 19.1. The largest absolute Gasteiger partial charge is 0.450 e. The highest BCUT2D eigenvalue weighted by molar-refractivity contribution is 5.67. The number of carbonyl (C=O) groups is 1. The molecule has 1 amide bonds. The summed E-state index contributed by atoms with van der Waals surface area (Å²) < 4.78 is 18.3. The Hall–Kier alpha value is -0.840. The lowest BCUT2D eigenvalue weighted by molar-refractivity contribution is -0.0107. The molecule has 0 radical (unpaired) electrons. The molecule has 16 heavy (non-hydrogen) atoms. The van der Waals surface area contributed by atoms with Crippen LogP contribution in [-0.2, 0) is 4.74 Å². The predicted octanol–water partition coefficient (Wildman–Crippen LogP) is 1.23. The first-order valence-electron chi connectivity index (χ1n) is 5.89. The molecule has 0 aromatic carbocycles. The molecule has 1 aliphatic carbocycles. The predicted molar refractivity (Wildman–Crippen MR) is 55.7 cm³/mol. The maximum absolute atomic E-state index is 13.4. The quantitative estimate of drug-likeness (QED) is 0.659. The van der Waals surface area contributed by atoms with Gasteiger partial charge in [-0.1, -0.05) is 0 Å². The number of amides is 1. The van der Waals surface area contributed by atoms with Gasteiger partial charge in [0.2, 0.25) is 0 Å². The molecular weight excluding hydrogens is 213 g/mol. The van der Waals surface area contributed by atoms with Crippen molar-refractivity contribution in [3.63, 3.8) is 0 Å². The molecule has 1 heterocycles. The van der Waals surface area contributed by atoms with Gasteiger partial charge in [-0.2, -0.15) is 0 Å². The molecule has 0 aromatic rings. The van der Waals surface area contributed by atoms with E-state index < -0.39 is 18.4 Å². The van der Waals surface area contributed by atoms with Gasteiger partial charge in [0.25, 0.3) is 0 Å². The summed E-state index contributed by atoms with van der Waals surface area (Å²) in [6.45, 7) is 0.888. The molecule has 4 nitrogen and oxygen atoms in total. The fourth-order valence-corrected chi connectivity index (χ4v) is 2.71. The lowest BCUT2D eigenvalue weighted by atomic mass is 9.74. The topological polar surface area (TPSA) is 58.6 Å². The zero-order valence-electron chi connectivity index (χ0n) is 9.19. The molecule has 2 fully saturated rings. The van der Waals surface area contributed by atoms with E-state index in [-0.39, 0.29) is 11.8 Å². The number of carbonyl (C=O) groups excluding carboxylic acids is 1. The summed E-state index contributed by atoms with van der Waals surface area (Å²) in [5.74, 6) is 0.523. The molecule has 1 aliphatic heterocycles. The molecule has 1 unspecified atom stereocenters. The van der Waals surface area contributed by atoms with Crippen LogP contribution in [0.2, 0.25) is 0 Å². The maximum Gasteiger partial charge on any atom is 0.407 e. The Kier molecular flexibility index (Phi) is 3.63. The molecule has 1 saturated carbocycles. The van der Waals surface area contributed by atoms with E-state index in [2.05, 4.69) is 5.32 Å². The van der Waals surface area contributed by atoms with Crippen molar-refractivity contribution in [3.8, 4) is 0 Å². The normalized spacial score (nSPS) is 40.8. The van der Waals surface area contributed by atoms with E-state index in [0.29, 0.717) is 26.0 Å². The maximum atomic E-state index is 13.4. The molecule has 5 heteroatoms. The molecular formula is C11H18FNO3. The lowest BCUT2D eigenvalue weighted by Gasteiger charge is -2.35. The molecule has 0 aromatic heterocycles. The summed E-state index contributed by atoms with van der Waals surface area (Å²) in [5, 5.41) is 12.1. The van der Waals surface area contributed by atoms with Gasteiger partial charge in [-0.3, -0.25) is 0 Å². The number of hydrogen-bond acceptors (Lipinski definition) is 3. The van der Waals surface area contributed by atoms with Gasteiger partial charge in [0.1, 0.15) is 6.17 Å². The summed E-state index contributed by atoms with van der Waals surface area (Å²) in [4.78, 5) is 11.1. The van der Waals surface area contributed by atoms with Crippen molar-refractivity contribution in [2.75, 3.05) is 13.2 Å². The van der Waals surface area contributed by atoms with Gasteiger partial charge in [-0.15, -0.1) is 0 Å². The van der Waals surface area contributed by atoms with Gasteiger partial charge in [-0.25, -0.2) is 9.18 Å². The highest BCUT2D eigenvalue weighted by Crippen LogP contribution is 2.36. The molecule has 1 saturated heterocycles. The number of fused-ring (bicyclic) bond motifs is 1. The number of nitrogens with one attached hydrogen (secondary N) is 1. The number of alkyl carbamates (subject to hydrolysis) is 1. The Bertz CT molecular complexity index is 238. The average molecular weight is 231 g/mol.